The lowest BCUT2D eigenvalue weighted by molar-refractivity contribution is -0.148. The van der Waals surface area contributed by atoms with Crippen molar-refractivity contribution in [2.75, 3.05) is 13.2 Å². The number of halogens is 1. The molecule has 0 bridgehead atoms. The fourth-order valence-electron chi connectivity index (χ4n) is 1.70. The second-order valence-electron chi connectivity index (χ2n) is 5.10. The van der Waals surface area contributed by atoms with Crippen molar-refractivity contribution in [1.29, 1.82) is 0 Å². The molecule has 23 heavy (non-hydrogen) atoms. The number of ether oxygens (including phenoxy) is 1. The van der Waals surface area contributed by atoms with Gasteiger partial charge in [0.1, 0.15) is 0 Å². The quantitative estimate of drug-likeness (QED) is 0.627. The summed E-state index contributed by atoms with van der Waals surface area (Å²) in [6.45, 7) is -0.434. The molecule has 0 radical (unpaired) electrons. The molecule has 2 rings (SSSR count). The Morgan fingerprint density at radius 1 is 1.22 bits per heavy atom. The van der Waals surface area contributed by atoms with Crippen molar-refractivity contribution in [3.63, 3.8) is 0 Å². The fraction of sp³-hybridized carbons (Fsp3) is 0.429. The van der Waals surface area contributed by atoms with E-state index in [9.17, 15) is 18.0 Å². The van der Waals surface area contributed by atoms with Crippen LogP contribution < -0.4 is 10.0 Å². The minimum absolute atomic E-state index is 0.0958. The lowest BCUT2D eigenvalue weighted by atomic mass is 10.4. The van der Waals surface area contributed by atoms with Gasteiger partial charge >= 0.3 is 5.97 Å². The highest BCUT2D eigenvalue weighted by molar-refractivity contribution is 9.10. The summed E-state index contributed by atoms with van der Waals surface area (Å²) < 4.78 is 31.8. The molecule has 9 heteroatoms. The highest BCUT2D eigenvalue weighted by Crippen LogP contribution is 2.18. The molecule has 0 aromatic heterocycles. The Labute approximate surface area is 143 Å². The average molecular weight is 405 g/mol. The molecule has 1 fully saturated rings. The molecule has 7 nitrogen and oxygen atoms in total. The largest absolute Gasteiger partial charge is 0.456 e. The topological polar surface area (TPSA) is 102 Å². The van der Waals surface area contributed by atoms with Crippen molar-refractivity contribution >= 4 is 37.8 Å². The second kappa shape index (κ2) is 7.89. The molecule has 0 aliphatic heterocycles. The molecule has 126 valence electrons. The Kier molecular flexibility index (Phi) is 6.14. The maximum Gasteiger partial charge on any atom is 0.307 e. The van der Waals surface area contributed by atoms with Gasteiger partial charge in [-0.3, -0.25) is 9.59 Å². The molecule has 1 aliphatic carbocycles. The average Bonchev–Trinajstić information content (AvgIpc) is 3.29. The zero-order chi connectivity index (χ0) is 16.9. The minimum atomic E-state index is -3.67. The molecule has 0 saturated heterocycles. The van der Waals surface area contributed by atoms with Crippen LogP contribution >= 0.6 is 15.9 Å². The van der Waals surface area contributed by atoms with Gasteiger partial charge in [-0.1, -0.05) is 15.9 Å². The van der Waals surface area contributed by atoms with E-state index in [4.69, 9.17) is 4.74 Å². The van der Waals surface area contributed by atoms with Crippen LogP contribution in [0.2, 0.25) is 0 Å². The predicted molar refractivity (Wildman–Crippen MR) is 86.1 cm³/mol. The van der Waals surface area contributed by atoms with Crippen LogP contribution in [0.4, 0.5) is 0 Å². The molecular weight excluding hydrogens is 388 g/mol. The fourth-order valence-corrected chi connectivity index (χ4v) is 3.00. The minimum Gasteiger partial charge on any atom is -0.456 e. The third-order valence-electron chi connectivity index (χ3n) is 3.05. The Morgan fingerprint density at radius 3 is 2.48 bits per heavy atom. The van der Waals surface area contributed by atoms with Gasteiger partial charge in [0, 0.05) is 17.1 Å². The van der Waals surface area contributed by atoms with Crippen LogP contribution in [-0.2, 0) is 24.3 Å². The highest BCUT2D eigenvalue weighted by Gasteiger charge is 2.23. The summed E-state index contributed by atoms with van der Waals surface area (Å²) in [6, 6.07) is 6.33. The van der Waals surface area contributed by atoms with E-state index in [-0.39, 0.29) is 36.4 Å². The summed E-state index contributed by atoms with van der Waals surface area (Å²) >= 11 is 3.22. The van der Waals surface area contributed by atoms with Crippen molar-refractivity contribution < 1.29 is 22.7 Å². The number of amides is 1. The number of hydrogen-bond donors (Lipinski definition) is 2. The maximum absolute atomic E-state index is 12.0. The second-order valence-corrected chi connectivity index (χ2v) is 7.79. The number of sulfonamides is 1. The molecular formula is C14H17BrN2O5S. The first-order valence-corrected chi connectivity index (χ1v) is 9.34. The summed E-state index contributed by atoms with van der Waals surface area (Å²) in [5, 5.41) is 2.68. The lowest BCUT2D eigenvalue weighted by Gasteiger charge is -2.07. The van der Waals surface area contributed by atoms with E-state index in [0.29, 0.717) is 0 Å². The molecule has 0 spiro atoms. The van der Waals surface area contributed by atoms with Crippen LogP contribution in [0.3, 0.4) is 0 Å². The van der Waals surface area contributed by atoms with Crippen molar-refractivity contribution in [3.05, 3.63) is 28.7 Å². The van der Waals surface area contributed by atoms with E-state index in [2.05, 4.69) is 26.0 Å². The molecule has 1 saturated carbocycles. The number of rotatable bonds is 8. The van der Waals surface area contributed by atoms with Gasteiger partial charge in [-0.05, 0) is 37.1 Å². The maximum atomic E-state index is 12.0. The summed E-state index contributed by atoms with van der Waals surface area (Å²) in [7, 11) is -3.67. The van der Waals surface area contributed by atoms with Crippen LogP contribution in [-0.4, -0.2) is 39.5 Å². The molecule has 1 aliphatic rings. The number of esters is 1. The van der Waals surface area contributed by atoms with Crippen LogP contribution in [0.1, 0.15) is 19.3 Å². The smallest absolute Gasteiger partial charge is 0.307 e. The number of benzene rings is 1. The Bertz CT molecular complexity index is 671. The van der Waals surface area contributed by atoms with Crippen LogP contribution in [0.5, 0.6) is 0 Å². The monoisotopic (exact) mass is 404 g/mol. The van der Waals surface area contributed by atoms with Crippen molar-refractivity contribution in [1.82, 2.24) is 10.0 Å². The first-order valence-electron chi connectivity index (χ1n) is 7.07. The van der Waals surface area contributed by atoms with E-state index in [0.717, 1.165) is 17.3 Å². The van der Waals surface area contributed by atoms with Crippen molar-refractivity contribution in [3.8, 4) is 0 Å². The molecule has 2 N–H and O–H groups in total. The lowest BCUT2D eigenvalue weighted by Crippen LogP contribution is -2.31. The standard InChI is InChI=1S/C14H17BrN2O5S/c15-10-1-5-12(6-2-10)23(20,21)16-8-7-14(19)22-9-13(18)17-11-3-4-11/h1-2,5-6,11,16H,3-4,7-9H2,(H,17,18). The van der Waals surface area contributed by atoms with E-state index >= 15 is 0 Å². The van der Waals surface area contributed by atoms with Crippen molar-refractivity contribution in [2.24, 2.45) is 0 Å². The van der Waals surface area contributed by atoms with E-state index in [1.807, 2.05) is 0 Å². The Morgan fingerprint density at radius 2 is 1.87 bits per heavy atom. The Balaban J connectivity index is 1.69. The molecule has 0 atom stereocenters. The van der Waals surface area contributed by atoms with Gasteiger partial charge in [-0.15, -0.1) is 0 Å². The number of hydrogen-bond acceptors (Lipinski definition) is 5. The molecule has 0 heterocycles. The van der Waals surface area contributed by atoms with Gasteiger partial charge < -0.3 is 10.1 Å². The zero-order valence-electron chi connectivity index (χ0n) is 12.2. The van der Waals surface area contributed by atoms with Crippen LogP contribution in [0.25, 0.3) is 0 Å². The first kappa shape index (κ1) is 17.9. The molecule has 0 unspecified atom stereocenters. The molecule has 1 amide bonds. The van der Waals surface area contributed by atoms with E-state index in [1.54, 1.807) is 12.1 Å². The summed E-state index contributed by atoms with van der Waals surface area (Å²) in [4.78, 5) is 22.9. The van der Waals surface area contributed by atoms with E-state index < -0.39 is 16.0 Å². The summed E-state index contributed by atoms with van der Waals surface area (Å²) in [5.74, 6) is -0.967. The van der Waals surface area contributed by atoms with Crippen LogP contribution in [0, 0.1) is 0 Å². The van der Waals surface area contributed by atoms with Gasteiger partial charge in [-0.2, -0.15) is 0 Å². The normalized spacial score (nSPS) is 14.3. The first-order chi connectivity index (χ1) is 10.9. The van der Waals surface area contributed by atoms with Gasteiger partial charge in [0.05, 0.1) is 11.3 Å². The zero-order valence-corrected chi connectivity index (χ0v) is 14.7. The van der Waals surface area contributed by atoms with Crippen LogP contribution in [0.15, 0.2) is 33.6 Å². The molecule has 1 aromatic carbocycles. The van der Waals surface area contributed by atoms with Gasteiger partial charge in [0.25, 0.3) is 5.91 Å². The van der Waals surface area contributed by atoms with Gasteiger partial charge in [0.2, 0.25) is 10.0 Å². The highest BCUT2D eigenvalue weighted by atomic mass is 79.9. The third-order valence-corrected chi connectivity index (χ3v) is 5.06. The van der Waals surface area contributed by atoms with Gasteiger partial charge in [0.15, 0.2) is 6.61 Å². The summed E-state index contributed by atoms with van der Waals surface area (Å²) in [5.41, 5.74) is 0. The van der Waals surface area contributed by atoms with E-state index in [1.165, 1.54) is 12.1 Å². The van der Waals surface area contributed by atoms with Crippen molar-refractivity contribution in [2.45, 2.75) is 30.2 Å². The Hall–Kier alpha value is -1.45. The van der Waals surface area contributed by atoms with Gasteiger partial charge in [-0.25, -0.2) is 13.1 Å². The molecule has 1 aromatic rings. The SMILES string of the molecule is O=C(COC(=O)CCNS(=O)(=O)c1ccc(Br)cc1)NC1CC1. The number of nitrogens with one attached hydrogen (secondary N) is 2. The predicted octanol–water partition coefficient (Wildman–Crippen LogP) is 0.939. The summed E-state index contributed by atoms with van der Waals surface area (Å²) in [6.07, 6.45) is 1.77. The third kappa shape index (κ3) is 6.28. The number of carbonyl (C=O) groups is 2. The number of carbonyl (C=O) groups excluding carboxylic acids is 2.